The molecule has 0 radical (unpaired) electrons. The Bertz CT molecular complexity index is 428. The molecule has 0 amide bonds. The van der Waals surface area contributed by atoms with Crippen molar-refractivity contribution in [1.29, 1.82) is 5.26 Å². The van der Waals surface area contributed by atoms with E-state index < -0.39 is 0 Å². The molecule has 0 unspecified atom stereocenters. The smallest absolute Gasteiger partial charge is 0.101 e. The Kier molecular flexibility index (Phi) is 5.64. The molecule has 0 aliphatic carbocycles. The van der Waals surface area contributed by atoms with Gasteiger partial charge in [0.25, 0.3) is 0 Å². The average molecular weight is 311 g/mol. The highest BCUT2D eigenvalue weighted by Gasteiger charge is 2.25. The summed E-state index contributed by atoms with van der Waals surface area (Å²) in [5, 5.41) is 21.9. The van der Waals surface area contributed by atoms with Gasteiger partial charge in [0.2, 0.25) is 0 Å². The molecule has 1 rings (SSSR count). The zero-order valence-corrected chi connectivity index (χ0v) is 12.4. The molecule has 0 saturated carbocycles. The second-order valence-electron chi connectivity index (χ2n) is 4.52. The summed E-state index contributed by atoms with van der Waals surface area (Å²) in [5.41, 5.74) is 1.32. The topological polar surface area (TPSA) is 56.0 Å². The quantitative estimate of drug-likeness (QED) is 0.845. The Morgan fingerprint density at radius 2 is 2.06 bits per heavy atom. The van der Waals surface area contributed by atoms with Gasteiger partial charge in [-0.2, -0.15) is 5.26 Å². The molecule has 0 aromatic heterocycles. The lowest BCUT2D eigenvalue weighted by atomic mass is 9.83. The molecule has 0 fully saturated rings. The van der Waals surface area contributed by atoms with Crippen LogP contribution in [0.15, 0.2) is 22.7 Å². The van der Waals surface area contributed by atoms with Crippen LogP contribution in [0.3, 0.4) is 0 Å². The lowest BCUT2D eigenvalue weighted by Crippen LogP contribution is -2.32. The van der Waals surface area contributed by atoms with Gasteiger partial charge in [-0.1, -0.05) is 29.8 Å². The molecule has 0 heterocycles. The zero-order valence-electron chi connectivity index (χ0n) is 10.8. The third kappa shape index (κ3) is 3.47. The SMILES string of the molecule is CCC(CC)(CO)CNc1ccc(Br)cc1C#N. The maximum Gasteiger partial charge on any atom is 0.101 e. The predicted molar refractivity (Wildman–Crippen MR) is 77.4 cm³/mol. The molecule has 0 aliphatic heterocycles. The molecule has 2 N–H and O–H groups in total. The Hall–Kier alpha value is -1.05. The number of aliphatic hydroxyl groups is 1. The first-order valence-corrected chi connectivity index (χ1v) is 6.94. The fraction of sp³-hybridized carbons (Fsp3) is 0.500. The molecule has 1 aromatic carbocycles. The van der Waals surface area contributed by atoms with Crippen LogP contribution in [-0.4, -0.2) is 18.3 Å². The number of halogens is 1. The fourth-order valence-electron chi connectivity index (χ4n) is 1.83. The van der Waals surface area contributed by atoms with Gasteiger partial charge in [-0.05, 0) is 31.0 Å². The van der Waals surface area contributed by atoms with Crippen LogP contribution in [0.25, 0.3) is 0 Å². The Morgan fingerprint density at radius 3 is 2.56 bits per heavy atom. The summed E-state index contributed by atoms with van der Waals surface area (Å²) in [6.45, 7) is 4.99. The van der Waals surface area contributed by atoms with Gasteiger partial charge in [0.05, 0.1) is 17.9 Å². The van der Waals surface area contributed by atoms with Crippen LogP contribution in [0, 0.1) is 16.7 Å². The molecule has 0 atom stereocenters. The number of anilines is 1. The minimum Gasteiger partial charge on any atom is -0.396 e. The largest absolute Gasteiger partial charge is 0.396 e. The summed E-state index contributed by atoms with van der Waals surface area (Å²) in [4.78, 5) is 0. The van der Waals surface area contributed by atoms with E-state index in [1.807, 2.05) is 12.1 Å². The highest BCUT2D eigenvalue weighted by molar-refractivity contribution is 9.10. The van der Waals surface area contributed by atoms with Crippen molar-refractivity contribution in [3.63, 3.8) is 0 Å². The highest BCUT2D eigenvalue weighted by atomic mass is 79.9. The summed E-state index contributed by atoms with van der Waals surface area (Å²) in [7, 11) is 0. The number of benzene rings is 1. The van der Waals surface area contributed by atoms with E-state index in [0.717, 1.165) is 23.0 Å². The first-order chi connectivity index (χ1) is 8.60. The Balaban J connectivity index is 2.83. The van der Waals surface area contributed by atoms with Crippen LogP contribution in [0.4, 0.5) is 5.69 Å². The van der Waals surface area contributed by atoms with Gasteiger partial charge in [-0.25, -0.2) is 0 Å². The maximum absolute atomic E-state index is 9.51. The summed E-state index contributed by atoms with van der Waals surface area (Å²) >= 11 is 3.35. The van der Waals surface area contributed by atoms with E-state index in [1.165, 1.54) is 0 Å². The van der Waals surface area contributed by atoms with Crippen LogP contribution >= 0.6 is 15.9 Å². The molecule has 0 bridgehead atoms. The Morgan fingerprint density at radius 1 is 1.39 bits per heavy atom. The number of nitrogens with zero attached hydrogens (tertiary/aromatic N) is 1. The third-order valence-corrected chi connectivity index (χ3v) is 4.08. The van der Waals surface area contributed by atoms with Crippen molar-refractivity contribution >= 4 is 21.6 Å². The van der Waals surface area contributed by atoms with E-state index in [1.54, 1.807) is 6.07 Å². The van der Waals surface area contributed by atoms with Crippen LogP contribution in [0.5, 0.6) is 0 Å². The van der Waals surface area contributed by atoms with Crippen molar-refractivity contribution in [3.05, 3.63) is 28.2 Å². The van der Waals surface area contributed by atoms with Crippen molar-refractivity contribution in [2.45, 2.75) is 26.7 Å². The van der Waals surface area contributed by atoms with Gasteiger partial charge in [0.1, 0.15) is 6.07 Å². The Labute approximate surface area is 117 Å². The van der Waals surface area contributed by atoms with E-state index in [-0.39, 0.29) is 12.0 Å². The van der Waals surface area contributed by atoms with E-state index in [4.69, 9.17) is 5.26 Å². The second-order valence-corrected chi connectivity index (χ2v) is 5.44. The standard InChI is InChI=1S/C14H19BrN2O/c1-3-14(4-2,10-18)9-17-13-6-5-12(15)7-11(13)8-16/h5-7,17-18H,3-4,9-10H2,1-2H3. The highest BCUT2D eigenvalue weighted by Crippen LogP contribution is 2.27. The predicted octanol–water partition coefficient (Wildman–Crippen LogP) is 3.53. The van der Waals surface area contributed by atoms with Gasteiger partial charge in [0, 0.05) is 16.4 Å². The normalized spacial score (nSPS) is 11.1. The molecule has 18 heavy (non-hydrogen) atoms. The average Bonchev–Trinajstić information content (AvgIpc) is 2.42. The number of hydrogen-bond donors (Lipinski definition) is 2. The molecule has 0 saturated heterocycles. The van der Waals surface area contributed by atoms with Crippen LogP contribution in [0.1, 0.15) is 32.3 Å². The zero-order chi connectivity index (χ0) is 13.6. The monoisotopic (exact) mass is 310 g/mol. The summed E-state index contributed by atoms with van der Waals surface area (Å²) in [6, 6.07) is 7.75. The van der Waals surface area contributed by atoms with Crippen LogP contribution < -0.4 is 5.32 Å². The number of hydrogen-bond acceptors (Lipinski definition) is 3. The van der Waals surface area contributed by atoms with Crippen molar-refractivity contribution in [2.75, 3.05) is 18.5 Å². The number of nitriles is 1. The maximum atomic E-state index is 9.51. The van der Waals surface area contributed by atoms with Crippen molar-refractivity contribution < 1.29 is 5.11 Å². The lowest BCUT2D eigenvalue weighted by molar-refractivity contribution is 0.127. The molecular formula is C14H19BrN2O. The van der Waals surface area contributed by atoms with Gasteiger partial charge < -0.3 is 10.4 Å². The minimum atomic E-state index is -0.111. The molecule has 3 nitrogen and oxygen atoms in total. The van der Waals surface area contributed by atoms with Crippen molar-refractivity contribution in [3.8, 4) is 6.07 Å². The number of nitrogens with one attached hydrogen (secondary N) is 1. The second kappa shape index (κ2) is 6.77. The summed E-state index contributed by atoms with van der Waals surface area (Å²) in [6.07, 6.45) is 1.82. The van der Waals surface area contributed by atoms with E-state index in [0.29, 0.717) is 12.1 Å². The van der Waals surface area contributed by atoms with Crippen LogP contribution in [0.2, 0.25) is 0 Å². The third-order valence-electron chi connectivity index (χ3n) is 3.59. The minimum absolute atomic E-state index is 0.111. The molecule has 4 heteroatoms. The molecule has 1 aromatic rings. The first-order valence-electron chi connectivity index (χ1n) is 6.15. The lowest BCUT2D eigenvalue weighted by Gasteiger charge is -2.30. The molecule has 0 spiro atoms. The summed E-state index contributed by atoms with van der Waals surface area (Å²) < 4.78 is 0.893. The molecular weight excluding hydrogens is 292 g/mol. The fourth-order valence-corrected chi connectivity index (χ4v) is 2.19. The van der Waals surface area contributed by atoms with Gasteiger partial charge in [-0.3, -0.25) is 0 Å². The van der Waals surface area contributed by atoms with Crippen molar-refractivity contribution in [2.24, 2.45) is 5.41 Å². The molecule has 98 valence electrons. The van der Waals surface area contributed by atoms with Gasteiger partial charge >= 0.3 is 0 Å². The van der Waals surface area contributed by atoms with E-state index >= 15 is 0 Å². The molecule has 0 aliphatic rings. The van der Waals surface area contributed by atoms with E-state index in [9.17, 15) is 5.11 Å². The summed E-state index contributed by atoms with van der Waals surface area (Å²) in [5.74, 6) is 0. The van der Waals surface area contributed by atoms with Crippen molar-refractivity contribution in [1.82, 2.24) is 0 Å². The van der Waals surface area contributed by atoms with Gasteiger partial charge in [0.15, 0.2) is 0 Å². The number of rotatable bonds is 6. The number of aliphatic hydroxyl groups excluding tert-OH is 1. The first kappa shape index (κ1) is 15.0. The van der Waals surface area contributed by atoms with E-state index in [2.05, 4.69) is 41.2 Å². The van der Waals surface area contributed by atoms with Gasteiger partial charge in [-0.15, -0.1) is 0 Å². The van der Waals surface area contributed by atoms with Crippen LogP contribution in [-0.2, 0) is 0 Å².